The number of anilines is 1. The van der Waals surface area contributed by atoms with E-state index in [0.717, 1.165) is 16.9 Å². The highest BCUT2D eigenvalue weighted by atomic mass is 32.2. The van der Waals surface area contributed by atoms with Crippen molar-refractivity contribution in [2.75, 3.05) is 4.72 Å². The van der Waals surface area contributed by atoms with Crippen LogP contribution in [0.1, 0.15) is 10.4 Å². The van der Waals surface area contributed by atoms with Crippen LogP contribution < -0.4 is 4.72 Å². The minimum atomic E-state index is -3.66. The number of thiophene rings is 1. The molecule has 1 N–H and O–H groups in total. The van der Waals surface area contributed by atoms with Crippen LogP contribution in [0.4, 0.5) is 5.82 Å². The zero-order valence-corrected chi connectivity index (χ0v) is 11.0. The molecule has 0 spiro atoms. The molecule has 0 aliphatic carbocycles. The summed E-state index contributed by atoms with van der Waals surface area (Å²) in [5.41, 5.74) is 0.909. The lowest BCUT2D eigenvalue weighted by molar-refractivity contribution is 0.603. The maximum Gasteiger partial charge on any atom is 0.272 e. The van der Waals surface area contributed by atoms with Gasteiger partial charge in [0.15, 0.2) is 0 Å². The summed E-state index contributed by atoms with van der Waals surface area (Å²) in [4.78, 5) is 4.28. The first kappa shape index (κ1) is 12.5. The van der Waals surface area contributed by atoms with Crippen molar-refractivity contribution >= 4 is 27.2 Å². The van der Waals surface area contributed by atoms with E-state index in [1.807, 2.05) is 13.0 Å². The standard InChI is InChI=1S/C11H9N3O2S2/c1-8-4-5-13-10(6-8)14-18(15,16)11-3-2-9(7-12)17-11/h2-6H,1H3,(H,13,14). The minimum Gasteiger partial charge on any atom is -0.263 e. The summed E-state index contributed by atoms with van der Waals surface area (Å²) in [5, 5.41) is 8.68. The van der Waals surface area contributed by atoms with E-state index in [0.29, 0.717) is 4.88 Å². The molecule has 92 valence electrons. The van der Waals surface area contributed by atoms with Gasteiger partial charge in [-0.3, -0.25) is 4.72 Å². The molecular weight excluding hydrogens is 270 g/mol. The monoisotopic (exact) mass is 279 g/mol. The predicted octanol–water partition coefficient (Wildman–Crippen LogP) is 2.12. The van der Waals surface area contributed by atoms with Crippen LogP contribution in [-0.2, 0) is 10.0 Å². The molecular formula is C11H9N3O2S2. The van der Waals surface area contributed by atoms with Crippen LogP contribution in [-0.4, -0.2) is 13.4 Å². The van der Waals surface area contributed by atoms with E-state index in [1.54, 1.807) is 12.1 Å². The summed E-state index contributed by atoms with van der Waals surface area (Å²) < 4.78 is 26.5. The second-order valence-electron chi connectivity index (χ2n) is 3.55. The van der Waals surface area contributed by atoms with Crippen molar-refractivity contribution in [3.05, 3.63) is 40.9 Å². The zero-order valence-electron chi connectivity index (χ0n) is 9.41. The fourth-order valence-corrected chi connectivity index (χ4v) is 3.41. The van der Waals surface area contributed by atoms with Gasteiger partial charge in [-0.15, -0.1) is 11.3 Å². The Balaban J connectivity index is 2.30. The number of aryl methyl sites for hydroxylation is 1. The van der Waals surface area contributed by atoms with Crippen molar-refractivity contribution in [2.24, 2.45) is 0 Å². The van der Waals surface area contributed by atoms with Crippen LogP contribution in [0.25, 0.3) is 0 Å². The molecule has 0 aromatic carbocycles. The number of aromatic nitrogens is 1. The van der Waals surface area contributed by atoms with Crippen molar-refractivity contribution in [1.29, 1.82) is 5.26 Å². The lowest BCUT2D eigenvalue weighted by atomic mass is 10.3. The van der Waals surface area contributed by atoms with Gasteiger partial charge in [-0.25, -0.2) is 13.4 Å². The zero-order chi connectivity index (χ0) is 13.2. The van der Waals surface area contributed by atoms with E-state index in [1.165, 1.54) is 18.3 Å². The molecule has 2 heterocycles. The molecule has 0 aliphatic heterocycles. The van der Waals surface area contributed by atoms with Crippen LogP contribution in [0.5, 0.6) is 0 Å². The highest BCUT2D eigenvalue weighted by Gasteiger charge is 2.17. The van der Waals surface area contributed by atoms with Gasteiger partial charge in [0, 0.05) is 6.20 Å². The second kappa shape index (κ2) is 4.76. The molecule has 0 saturated heterocycles. The fourth-order valence-electron chi connectivity index (χ4n) is 1.30. The van der Waals surface area contributed by atoms with Crippen LogP contribution >= 0.6 is 11.3 Å². The van der Waals surface area contributed by atoms with E-state index in [9.17, 15) is 8.42 Å². The van der Waals surface area contributed by atoms with Gasteiger partial charge in [-0.1, -0.05) is 0 Å². The summed E-state index contributed by atoms with van der Waals surface area (Å²) in [5.74, 6) is 0.266. The highest BCUT2D eigenvalue weighted by molar-refractivity contribution is 7.94. The molecule has 18 heavy (non-hydrogen) atoms. The molecule has 2 aromatic heterocycles. The third-order valence-corrected chi connectivity index (χ3v) is 4.95. The number of rotatable bonds is 3. The fraction of sp³-hybridized carbons (Fsp3) is 0.0909. The lowest BCUT2D eigenvalue weighted by Gasteiger charge is -2.05. The third-order valence-electron chi connectivity index (χ3n) is 2.11. The molecule has 7 heteroatoms. The molecule has 0 bridgehead atoms. The molecule has 0 aliphatic rings. The van der Waals surface area contributed by atoms with Gasteiger partial charge in [-0.05, 0) is 36.8 Å². The molecule has 0 saturated carbocycles. The first-order valence-corrected chi connectivity index (χ1v) is 7.26. The summed E-state index contributed by atoms with van der Waals surface area (Å²) in [7, 11) is -3.66. The summed E-state index contributed by atoms with van der Waals surface area (Å²) in [6.45, 7) is 1.85. The Morgan fingerprint density at radius 2 is 2.17 bits per heavy atom. The van der Waals surface area contributed by atoms with Crippen LogP contribution in [0.2, 0.25) is 0 Å². The quantitative estimate of drug-likeness (QED) is 0.932. The number of hydrogen-bond acceptors (Lipinski definition) is 5. The summed E-state index contributed by atoms with van der Waals surface area (Å²) in [6.07, 6.45) is 1.53. The molecule has 0 amide bonds. The topological polar surface area (TPSA) is 82.8 Å². The smallest absolute Gasteiger partial charge is 0.263 e. The van der Waals surface area contributed by atoms with Gasteiger partial charge in [0.2, 0.25) is 0 Å². The SMILES string of the molecule is Cc1ccnc(NS(=O)(=O)c2ccc(C#N)s2)c1. The number of nitrogens with one attached hydrogen (secondary N) is 1. The van der Waals surface area contributed by atoms with Gasteiger partial charge in [0.25, 0.3) is 10.0 Å². The Morgan fingerprint density at radius 3 is 2.78 bits per heavy atom. The molecule has 0 unspecified atom stereocenters. The van der Waals surface area contributed by atoms with Gasteiger partial charge in [0.05, 0.1) is 0 Å². The first-order valence-electron chi connectivity index (χ1n) is 4.97. The predicted molar refractivity (Wildman–Crippen MR) is 68.8 cm³/mol. The van der Waals surface area contributed by atoms with Gasteiger partial charge >= 0.3 is 0 Å². The Labute approximate surface area is 109 Å². The van der Waals surface area contributed by atoms with Crippen LogP contribution in [0.15, 0.2) is 34.7 Å². The van der Waals surface area contributed by atoms with Gasteiger partial charge < -0.3 is 0 Å². The average molecular weight is 279 g/mol. The first-order chi connectivity index (χ1) is 8.51. The summed E-state index contributed by atoms with van der Waals surface area (Å²) in [6, 6.07) is 8.19. The second-order valence-corrected chi connectivity index (χ2v) is 6.55. The van der Waals surface area contributed by atoms with E-state index >= 15 is 0 Å². The molecule has 0 radical (unpaired) electrons. The highest BCUT2D eigenvalue weighted by Crippen LogP contribution is 2.22. The number of nitriles is 1. The Morgan fingerprint density at radius 1 is 1.39 bits per heavy atom. The van der Waals surface area contributed by atoms with Crippen LogP contribution in [0.3, 0.4) is 0 Å². The average Bonchev–Trinajstić information content (AvgIpc) is 2.77. The van der Waals surface area contributed by atoms with Gasteiger partial charge in [-0.2, -0.15) is 5.26 Å². The maximum absolute atomic E-state index is 12.0. The molecule has 2 aromatic rings. The van der Waals surface area contributed by atoms with Crippen molar-refractivity contribution in [1.82, 2.24) is 4.98 Å². The summed E-state index contributed by atoms with van der Waals surface area (Å²) >= 11 is 0.924. The largest absolute Gasteiger partial charge is 0.272 e. The van der Waals surface area contributed by atoms with E-state index in [4.69, 9.17) is 5.26 Å². The number of nitrogens with zero attached hydrogens (tertiary/aromatic N) is 2. The Bertz CT molecular complexity index is 714. The Kier molecular flexibility index (Phi) is 3.32. The third kappa shape index (κ3) is 2.67. The van der Waals surface area contributed by atoms with E-state index in [2.05, 4.69) is 9.71 Å². The molecule has 0 fully saturated rings. The molecule has 2 rings (SSSR count). The van der Waals surface area contributed by atoms with Crippen molar-refractivity contribution in [3.63, 3.8) is 0 Å². The van der Waals surface area contributed by atoms with Crippen molar-refractivity contribution in [2.45, 2.75) is 11.1 Å². The van der Waals surface area contributed by atoms with Gasteiger partial charge in [0.1, 0.15) is 21.0 Å². The number of hydrogen-bond donors (Lipinski definition) is 1. The minimum absolute atomic E-state index is 0.0994. The maximum atomic E-state index is 12.0. The molecule has 5 nitrogen and oxygen atoms in total. The lowest BCUT2D eigenvalue weighted by Crippen LogP contribution is -2.12. The number of pyridine rings is 1. The van der Waals surface area contributed by atoms with Crippen molar-refractivity contribution < 1.29 is 8.42 Å². The molecule has 0 atom stereocenters. The van der Waals surface area contributed by atoms with Crippen molar-refractivity contribution in [3.8, 4) is 6.07 Å². The van der Waals surface area contributed by atoms with E-state index in [-0.39, 0.29) is 10.0 Å². The normalized spacial score (nSPS) is 10.9. The Hall–Kier alpha value is -1.91. The van der Waals surface area contributed by atoms with E-state index < -0.39 is 10.0 Å². The number of sulfonamides is 1. The van der Waals surface area contributed by atoms with Crippen LogP contribution in [0, 0.1) is 18.3 Å².